The van der Waals surface area contributed by atoms with Gasteiger partial charge >= 0.3 is 0 Å². The summed E-state index contributed by atoms with van der Waals surface area (Å²) in [5, 5.41) is 9.41. The van der Waals surface area contributed by atoms with Gasteiger partial charge in [0, 0.05) is 12.0 Å². The zero-order valence-corrected chi connectivity index (χ0v) is 9.60. The van der Waals surface area contributed by atoms with E-state index < -0.39 is 17.7 Å². The van der Waals surface area contributed by atoms with E-state index >= 15 is 0 Å². The molecule has 1 unspecified atom stereocenters. The maximum absolute atomic E-state index is 13.4. The van der Waals surface area contributed by atoms with Crippen LogP contribution in [-0.4, -0.2) is 17.8 Å². The molecule has 0 bridgehead atoms. The Morgan fingerprint density at radius 3 is 2.67 bits per heavy atom. The van der Waals surface area contributed by atoms with Crippen molar-refractivity contribution in [2.45, 2.75) is 18.9 Å². The molecule has 0 aliphatic rings. The molecule has 0 saturated heterocycles. The molecule has 0 radical (unpaired) electrons. The molecule has 0 aliphatic heterocycles. The van der Waals surface area contributed by atoms with Gasteiger partial charge in [0.2, 0.25) is 0 Å². The van der Waals surface area contributed by atoms with E-state index in [-0.39, 0.29) is 16.5 Å². The van der Waals surface area contributed by atoms with E-state index in [2.05, 4.69) is 15.9 Å². The average molecular weight is 280 g/mol. The summed E-state index contributed by atoms with van der Waals surface area (Å²) in [5.74, 6) is -1.31. The molecular formula is C10H12BrF2NO. The van der Waals surface area contributed by atoms with Crippen molar-refractivity contribution < 1.29 is 13.9 Å². The highest BCUT2D eigenvalue weighted by Gasteiger charge is 2.15. The Morgan fingerprint density at radius 2 is 2.07 bits per heavy atom. The summed E-state index contributed by atoms with van der Waals surface area (Å²) in [4.78, 5) is 0. The van der Waals surface area contributed by atoms with Crippen molar-refractivity contribution in [3.05, 3.63) is 33.8 Å². The Labute approximate surface area is 95.2 Å². The number of benzene rings is 1. The highest BCUT2D eigenvalue weighted by atomic mass is 79.9. The number of aliphatic hydroxyl groups excluding tert-OH is 1. The third kappa shape index (κ3) is 3.22. The number of rotatable bonds is 4. The van der Waals surface area contributed by atoms with E-state index in [0.717, 1.165) is 6.07 Å². The van der Waals surface area contributed by atoms with Crippen LogP contribution < -0.4 is 5.73 Å². The van der Waals surface area contributed by atoms with Crippen molar-refractivity contribution in [2.75, 3.05) is 6.54 Å². The highest BCUT2D eigenvalue weighted by Crippen LogP contribution is 2.23. The minimum Gasteiger partial charge on any atom is -0.393 e. The lowest BCUT2D eigenvalue weighted by atomic mass is 10.0. The molecule has 0 aliphatic carbocycles. The van der Waals surface area contributed by atoms with Gasteiger partial charge in [-0.15, -0.1) is 0 Å². The number of halogens is 3. The van der Waals surface area contributed by atoms with Gasteiger partial charge in [0.1, 0.15) is 11.6 Å². The zero-order valence-electron chi connectivity index (χ0n) is 8.01. The summed E-state index contributed by atoms with van der Waals surface area (Å²) in [6.45, 7) is 0.290. The van der Waals surface area contributed by atoms with Gasteiger partial charge in [-0.3, -0.25) is 0 Å². The molecule has 0 spiro atoms. The van der Waals surface area contributed by atoms with E-state index in [1.165, 1.54) is 6.07 Å². The average Bonchev–Trinajstić information content (AvgIpc) is 2.19. The third-order valence-corrected chi connectivity index (χ3v) is 2.69. The van der Waals surface area contributed by atoms with Crippen LogP contribution in [0.15, 0.2) is 16.6 Å². The van der Waals surface area contributed by atoms with Crippen molar-refractivity contribution in [1.82, 2.24) is 0 Å². The van der Waals surface area contributed by atoms with Gasteiger partial charge in [0.05, 0.1) is 10.6 Å². The first kappa shape index (κ1) is 12.5. The largest absolute Gasteiger partial charge is 0.393 e. The number of hydrogen-bond donors (Lipinski definition) is 2. The summed E-state index contributed by atoms with van der Waals surface area (Å²) in [6.07, 6.45) is -0.548. The molecule has 1 atom stereocenters. The molecule has 0 heterocycles. The minimum atomic E-state index is -0.812. The van der Waals surface area contributed by atoms with E-state index in [9.17, 15) is 13.9 Å². The first-order valence-corrected chi connectivity index (χ1v) is 5.36. The van der Waals surface area contributed by atoms with Crippen LogP contribution in [0.2, 0.25) is 0 Å². The van der Waals surface area contributed by atoms with Crippen LogP contribution in [-0.2, 0) is 6.42 Å². The normalized spacial score (nSPS) is 12.9. The van der Waals surface area contributed by atoms with Crippen LogP contribution in [0, 0.1) is 11.6 Å². The number of hydrogen-bond acceptors (Lipinski definition) is 2. The van der Waals surface area contributed by atoms with Gasteiger partial charge in [-0.05, 0) is 41.0 Å². The van der Waals surface area contributed by atoms with E-state index in [0.29, 0.717) is 13.0 Å². The summed E-state index contributed by atoms with van der Waals surface area (Å²) in [6, 6.07) is 2.46. The van der Waals surface area contributed by atoms with Gasteiger partial charge in [0.25, 0.3) is 0 Å². The molecule has 1 aromatic carbocycles. The predicted octanol–water partition coefficient (Wildman–Crippen LogP) is 1.98. The Balaban J connectivity index is 2.88. The lowest BCUT2D eigenvalue weighted by Gasteiger charge is -2.11. The van der Waals surface area contributed by atoms with Crippen molar-refractivity contribution in [1.29, 1.82) is 0 Å². The van der Waals surface area contributed by atoms with Crippen molar-refractivity contribution >= 4 is 15.9 Å². The number of aliphatic hydroxyl groups is 1. The molecule has 1 rings (SSSR count). The highest BCUT2D eigenvalue weighted by molar-refractivity contribution is 9.10. The van der Waals surface area contributed by atoms with Crippen LogP contribution in [0.4, 0.5) is 8.78 Å². The fraction of sp³-hybridized carbons (Fsp3) is 0.400. The van der Waals surface area contributed by atoms with Gasteiger partial charge in [-0.1, -0.05) is 0 Å². The summed E-state index contributed by atoms with van der Waals surface area (Å²) in [5.41, 5.74) is 5.13. The molecule has 15 heavy (non-hydrogen) atoms. The predicted molar refractivity (Wildman–Crippen MR) is 57.4 cm³/mol. The molecule has 5 heteroatoms. The van der Waals surface area contributed by atoms with Crippen LogP contribution in [0.3, 0.4) is 0 Å². The monoisotopic (exact) mass is 279 g/mol. The minimum absolute atomic E-state index is 0.0612. The quantitative estimate of drug-likeness (QED) is 0.828. The van der Waals surface area contributed by atoms with Crippen molar-refractivity contribution in [3.63, 3.8) is 0 Å². The Morgan fingerprint density at radius 1 is 1.40 bits per heavy atom. The first-order valence-electron chi connectivity index (χ1n) is 4.56. The Kier molecular flexibility index (Phi) is 4.63. The molecule has 1 aromatic rings. The van der Waals surface area contributed by atoms with Crippen molar-refractivity contribution in [2.24, 2.45) is 5.73 Å². The SMILES string of the molecule is NCCC(O)Cc1c(F)ccc(Br)c1F. The molecule has 0 fully saturated rings. The first-order chi connectivity index (χ1) is 7.06. The Hall–Kier alpha value is -0.520. The zero-order chi connectivity index (χ0) is 11.4. The second kappa shape index (κ2) is 5.53. The maximum Gasteiger partial charge on any atom is 0.143 e. The molecule has 84 valence electrons. The van der Waals surface area contributed by atoms with Crippen LogP contribution in [0.5, 0.6) is 0 Å². The molecule has 0 saturated carbocycles. The lowest BCUT2D eigenvalue weighted by Crippen LogP contribution is -2.17. The van der Waals surface area contributed by atoms with Crippen LogP contribution in [0.25, 0.3) is 0 Å². The summed E-state index contributed by atoms with van der Waals surface area (Å²) in [7, 11) is 0. The second-order valence-electron chi connectivity index (χ2n) is 3.26. The molecule has 2 nitrogen and oxygen atoms in total. The van der Waals surface area contributed by atoms with Gasteiger partial charge in [-0.25, -0.2) is 8.78 Å². The molecule has 0 aromatic heterocycles. The summed E-state index contributed by atoms with van der Waals surface area (Å²) >= 11 is 2.96. The van der Waals surface area contributed by atoms with E-state index in [4.69, 9.17) is 5.73 Å². The van der Waals surface area contributed by atoms with Gasteiger partial charge < -0.3 is 10.8 Å². The van der Waals surface area contributed by atoms with Crippen molar-refractivity contribution in [3.8, 4) is 0 Å². The standard InChI is InChI=1S/C10H12BrF2NO/c11-8-1-2-9(12)7(10(8)13)5-6(15)3-4-14/h1-2,6,15H,3-5,14H2. The van der Waals surface area contributed by atoms with Gasteiger partial charge in [0.15, 0.2) is 0 Å². The summed E-state index contributed by atoms with van der Waals surface area (Å²) < 4.78 is 26.9. The van der Waals surface area contributed by atoms with E-state index in [1.54, 1.807) is 0 Å². The lowest BCUT2D eigenvalue weighted by molar-refractivity contribution is 0.165. The smallest absolute Gasteiger partial charge is 0.143 e. The number of nitrogens with two attached hydrogens (primary N) is 1. The van der Waals surface area contributed by atoms with Crippen LogP contribution in [0.1, 0.15) is 12.0 Å². The van der Waals surface area contributed by atoms with Gasteiger partial charge in [-0.2, -0.15) is 0 Å². The second-order valence-corrected chi connectivity index (χ2v) is 4.11. The molecule has 3 N–H and O–H groups in total. The molecule has 0 amide bonds. The fourth-order valence-electron chi connectivity index (χ4n) is 1.29. The van der Waals surface area contributed by atoms with E-state index in [1.807, 2.05) is 0 Å². The Bertz CT molecular complexity index is 346. The fourth-order valence-corrected chi connectivity index (χ4v) is 1.66. The topological polar surface area (TPSA) is 46.2 Å². The van der Waals surface area contributed by atoms with Crippen LogP contribution >= 0.6 is 15.9 Å². The third-order valence-electron chi connectivity index (χ3n) is 2.08. The molecular weight excluding hydrogens is 268 g/mol. The maximum atomic E-state index is 13.4.